The van der Waals surface area contributed by atoms with Crippen molar-refractivity contribution in [1.29, 1.82) is 5.26 Å². The van der Waals surface area contributed by atoms with Crippen molar-refractivity contribution in [3.63, 3.8) is 0 Å². The van der Waals surface area contributed by atoms with Crippen LogP contribution in [0.5, 0.6) is 0 Å². The largest absolute Gasteiger partial charge is 0.341 e. The number of nitriles is 1. The smallest absolute Gasteiger partial charge is 0.240 e. The first-order chi connectivity index (χ1) is 9.76. The summed E-state index contributed by atoms with van der Waals surface area (Å²) in [6, 6.07) is 5.77. The van der Waals surface area contributed by atoms with Gasteiger partial charge in [-0.05, 0) is 24.2 Å². The van der Waals surface area contributed by atoms with E-state index in [-0.39, 0.29) is 19.0 Å². The van der Waals surface area contributed by atoms with Crippen LogP contribution in [0.25, 0.3) is 11.0 Å². The highest BCUT2D eigenvalue weighted by Gasteiger charge is 2.11. The lowest BCUT2D eigenvalue weighted by molar-refractivity contribution is -0.121. The number of hydrogen-bond acceptors (Lipinski definition) is 4. The lowest BCUT2D eigenvalue weighted by Crippen LogP contribution is -2.27. The molecule has 0 fully saturated rings. The van der Waals surface area contributed by atoms with E-state index < -0.39 is 0 Å². The summed E-state index contributed by atoms with van der Waals surface area (Å²) in [7, 11) is 0. The van der Waals surface area contributed by atoms with Gasteiger partial charge in [0.15, 0.2) is 0 Å². The van der Waals surface area contributed by atoms with Crippen molar-refractivity contribution in [1.82, 2.24) is 20.2 Å². The van der Waals surface area contributed by atoms with Gasteiger partial charge in [-0.3, -0.25) is 4.79 Å². The third-order valence-electron chi connectivity index (χ3n) is 2.96. The Hall–Kier alpha value is -2.39. The first-order valence-electron chi connectivity index (χ1n) is 6.53. The molecule has 2 heterocycles. The summed E-state index contributed by atoms with van der Waals surface area (Å²) >= 11 is 0. The van der Waals surface area contributed by atoms with Crippen molar-refractivity contribution in [2.45, 2.75) is 20.0 Å². The Morgan fingerprint density at radius 1 is 1.55 bits per heavy atom. The maximum atomic E-state index is 11.7. The zero-order valence-corrected chi connectivity index (χ0v) is 11.4. The Bertz CT molecular complexity index is 641. The van der Waals surface area contributed by atoms with E-state index in [4.69, 9.17) is 5.26 Å². The first-order valence-corrected chi connectivity index (χ1v) is 6.53. The van der Waals surface area contributed by atoms with Gasteiger partial charge in [0.05, 0.1) is 6.07 Å². The van der Waals surface area contributed by atoms with Crippen LogP contribution < -0.4 is 10.6 Å². The predicted octanol–water partition coefficient (Wildman–Crippen LogP) is 0.786. The highest BCUT2D eigenvalue weighted by Crippen LogP contribution is 2.19. The van der Waals surface area contributed by atoms with Gasteiger partial charge in [0.1, 0.15) is 18.7 Å². The molecule has 2 aromatic rings. The van der Waals surface area contributed by atoms with E-state index in [1.165, 1.54) is 0 Å². The van der Waals surface area contributed by atoms with Crippen LogP contribution in [0.3, 0.4) is 0 Å². The van der Waals surface area contributed by atoms with Crippen molar-refractivity contribution >= 4 is 16.9 Å². The zero-order chi connectivity index (χ0) is 14.4. The summed E-state index contributed by atoms with van der Waals surface area (Å²) in [6.07, 6.45) is 3.65. The van der Waals surface area contributed by atoms with E-state index >= 15 is 0 Å². The van der Waals surface area contributed by atoms with Gasteiger partial charge in [0, 0.05) is 24.3 Å². The maximum Gasteiger partial charge on any atom is 0.240 e. The minimum atomic E-state index is -0.191. The van der Waals surface area contributed by atoms with Crippen molar-refractivity contribution in [3.05, 3.63) is 30.1 Å². The predicted molar refractivity (Wildman–Crippen MR) is 75.7 cm³/mol. The quantitative estimate of drug-likeness (QED) is 0.761. The highest BCUT2D eigenvalue weighted by atomic mass is 16.1. The van der Waals surface area contributed by atoms with Crippen LogP contribution in [-0.4, -0.2) is 28.5 Å². The summed E-state index contributed by atoms with van der Waals surface area (Å²) in [5.74, 6) is -0.191. The number of rotatable bonds is 6. The Morgan fingerprint density at radius 3 is 3.15 bits per heavy atom. The second kappa shape index (κ2) is 6.68. The van der Waals surface area contributed by atoms with Crippen LogP contribution in [0.15, 0.2) is 24.5 Å². The van der Waals surface area contributed by atoms with Crippen LogP contribution in [0, 0.1) is 11.3 Å². The molecule has 2 aromatic heterocycles. The number of nitrogens with one attached hydrogen (secondary N) is 2. The van der Waals surface area contributed by atoms with E-state index in [1.807, 2.05) is 35.9 Å². The second-order valence-corrected chi connectivity index (χ2v) is 4.37. The van der Waals surface area contributed by atoms with E-state index in [2.05, 4.69) is 15.6 Å². The zero-order valence-electron chi connectivity index (χ0n) is 11.4. The Labute approximate surface area is 117 Å². The van der Waals surface area contributed by atoms with Gasteiger partial charge in [-0.25, -0.2) is 4.98 Å². The van der Waals surface area contributed by atoms with Gasteiger partial charge in [-0.15, -0.1) is 0 Å². The molecule has 0 aliphatic heterocycles. The number of carbonyl (C=O) groups excluding carboxylic acids is 1. The number of hydrogen-bond donors (Lipinski definition) is 2. The lowest BCUT2D eigenvalue weighted by Gasteiger charge is -2.03. The molecule has 0 saturated carbocycles. The van der Waals surface area contributed by atoms with Crippen molar-refractivity contribution in [2.75, 3.05) is 13.1 Å². The summed E-state index contributed by atoms with van der Waals surface area (Å²) in [6.45, 7) is 3.87. The third-order valence-corrected chi connectivity index (χ3v) is 2.96. The number of nitrogens with zero attached hydrogens (tertiary/aromatic N) is 3. The highest BCUT2D eigenvalue weighted by molar-refractivity contribution is 5.83. The third kappa shape index (κ3) is 3.13. The summed E-state index contributed by atoms with van der Waals surface area (Å²) in [5.41, 5.74) is 1.90. The van der Waals surface area contributed by atoms with Crippen LogP contribution in [-0.2, 0) is 17.9 Å². The van der Waals surface area contributed by atoms with Crippen LogP contribution >= 0.6 is 0 Å². The number of aromatic nitrogens is 2. The molecule has 0 radical (unpaired) electrons. The molecule has 0 aliphatic carbocycles. The molecule has 0 bridgehead atoms. The average molecular weight is 271 g/mol. The topological polar surface area (TPSA) is 82.7 Å². The first kappa shape index (κ1) is 14.0. The Morgan fingerprint density at radius 2 is 2.40 bits per heavy atom. The number of carbonyl (C=O) groups is 1. The standard InChI is InChI=1S/C14H17N5O/c1-2-16-8-11-9-19(10-13(20)17-7-5-15)14-12(11)4-3-6-18-14/h3-4,6,9,16H,2,7-8,10H2,1H3,(H,17,20). The second-order valence-electron chi connectivity index (χ2n) is 4.37. The van der Waals surface area contributed by atoms with Gasteiger partial charge < -0.3 is 15.2 Å². The van der Waals surface area contributed by atoms with Crippen molar-refractivity contribution < 1.29 is 4.79 Å². The number of amides is 1. The average Bonchev–Trinajstić information content (AvgIpc) is 2.81. The van der Waals surface area contributed by atoms with Gasteiger partial charge in [0.25, 0.3) is 0 Å². The van der Waals surface area contributed by atoms with E-state index in [9.17, 15) is 4.79 Å². The minimum absolute atomic E-state index is 0.0235. The normalized spacial score (nSPS) is 10.4. The van der Waals surface area contributed by atoms with Crippen LogP contribution in [0.2, 0.25) is 0 Å². The fraction of sp³-hybridized carbons (Fsp3) is 0.357. The molecule has 104 valence electrons. The number of fused-ring (bicyclic) bond motifs is 1. The molecule has 6 heteroatoms. The number of pyridine rings is 1. The molecule has 0 aromatic carbocycles. The fourth-order valence-electron chi connectivity index (χ4n) is 2.07. The summed E-state index contributed by atoms with van der Waals surface area (Å²) < 4.78 is 1.81. The molecular formula is C14H17N5O. The molecular weight excluding hydrogens is 254 g/mol. The molecule has 0 aliphatic rings. The van der Waals surface area contributed by atoms with Gasteiger partial charge in [0.2, 0.25) is 5.91 Å². The molecule has 6 nitrogen and oxygen atoms in total. The molecule has 20 heavy (non-hydrogen) atoms. The van der Waals surface area contributed by atoms with Gasteiger partial charge in [-0.1, -0.05) is 6.92 Å². The maximum absolute atomic E-state index is 11.7. The van der Waals surface area contributed by atoms with Crippen LogP contribution in [0.1, 0.15) is 12.5 Å². The summed E-state index contributed by atoms with van der Waals surface area (Å²) in [5, 5.41) is 15.3. The summed E-state index contributed by atoms with van der Waals surface area (Å²) in [4.78, 5) is 16.0. The fourth-order valence-corrected chi connectivity index (χ4v) is 2.07. The van der Waals surface area contributed by atoms with E-state index in [0.29, 0.717) is 0 Å². The molecule has 0 atom stereocenters. The monoisotopic (exact) mass is 271 g/mol. The molecule has 1 amide bonds. The molecule has 2 rings (SSSR count). The van der Waals surface area contributed by atoms with Crippen molar-refractivity contribution in [2.24, 2.45) is 0 Å². The molecule has 0 spiro atoms. The molecule has 2 N–H and O–H groups in total. The van der Waals surface area contributed by atoms with Crippen molar-refractivity contribution in [3.8, 4) is 6.07 Å². The van der Waals surface area contributed by atoms with Crippen LogP contribution in [0.4, 0.5) is 0 Å². The van der Waals surface area contributed by atoms with E-state index in [1.54, 1.807) is 6.20 Å². The molecule has 0 unspecified atom stereocenters. The Kier molecular flexibility index (Phi) is 4.69. The van der Waals surface area contributed by atoms with E-state index in [0.717, 1.165) is 29.7 Å². The van der Waals surface area contributed by atoms with Gasteiger partial charge in [-0.2, -0.15) is 5.26 Å². The molecule has 0 saturated heterocycles. The SMILES string of the molecule is CCNCc1cn(CC(=O)NCC#N)c2ncccc12. The minimum Gasteiger partial charge on any atom is -0.341 e. The Balaban J connectivity index is 2.24. The van der Waals surface area contributed by atoms with Gasteiger partial charge >= 0.3 is 0 Å². The lowest BCUT2D eigenvalue weighted by atomic mass is 10.2.